The molecule has 1 fully saturated rings. The van der Waals surface area contributed by atoms with Crippen LogP contribution < -0.4 is 5.32 Å². The number of nitrogens with zero attached hydrogens (tertiary/aromatic N) is 4. The quantitative estimate of drug-likeness (QED) is 0.666. The SMILES string of the molecule is CC(C)(C)n1nc(C(=O)N2CCC[C@@H]2CO)c2sc(NC(=O)c3ccccc3)nc21. The monoisotopic (exact) mass is 427 g/mol. The van der Waals surface area contributed by atoms with E-state index in [-0.39, 0.29) is 24.5 Å². The van der Waals surface area contributed by atoms with Gasteiger partial charge in [-0.1, -0.05) is 29.5 Å². The molecule has 3 aromatic rings. The molecule has 0 spiro atoms. The Morgan fingerprint density at radius 3 is 2.67 bits per heavy atom. The fourth-order valence-corrected chi connectivity index (χ4v) is 4.57. The van der Waals surface area contributed by atoms with Gasteiger partial charge in [0.05, 0.1) is 18.2 Å². The number of hydrogen-bond donors (Lipinski definition) is 2. The number of fused-ring (bicyclic) bond motifs is 1. The first-order valence-electron chi connectivity index (χ1n) is 9.98. The van der Waals surface area contributed by atoms with Crippen molar-refractivity contribution in [1.82, 2.24) is 19.7 Å². The number of amides is 2. The van der Waals surface area contributed by atoms with Gasteiger partial charge in [0.2, 0.25) is 0 Å². The summed E-state index contributed by atoms with van der Waals surface area (Å²) in [5, 5.41) is 17.5. The minimum atomic E-state index is -0.396. The van der Waals surface area contributed by atoms with Crippen LogP contribution in [0.25, 0.3) is 10.3 Å². The molecule has 1 atom stereocenters. The molecule has 2 N–H and O–H groups in total. The van der Waals surface area contributed by atoms with Crippen molar-refractivity contribution in [3.63, 3.8) is 0 Å². The molecule has 9 heteroatoms. The molecular formula is C21H25N5O3S. The second-order valence-corrected chi connectivity index (χ2v) is 9.40. The van der Waals surface area contributed by atoms with Crippen LogP contribution >= 0.6 is 11.3 Å². The standard InChI is InChI=1S/C21H25N5O3S/c1-21(2,3)26-17-16(15(24-26)19(29)25-11-7-10-14(25)12-27)30-20(22-17)23-18(28)13-8-5-4-6-9-13/h4-6,8-9,14,27H,7,10-12H2,1-3H3,(H,22,23,28)/t14-/m1/s1. The summed E-state index contributed by atoms with van der Waals surface area (Å²) in [5.41, 5.74) is 1.03. The van der Waals surface area contributed by atoms with Gasteiger partial charge in [-0.2, -0.15) is 10.1 Å². The lowest BCUT2D eigenvalue weighted by Gasteiger charge is -2.22. The molecule has 2 amide bonds. The minimum absolute atomic E-state index is 0.0596. The lowest BCUT2D eigenvalue weighted by atomic mass is 10.1. The number of anilines is 1. The van der Waals surface area contributed by atoms with Gasteiger partial charge in [0.1, 0.15) is 4.70 Å². The summed E-state index contributed by atoms with van der Waals surface area (Å²) in [6.07, 6.45) is 1.65. The molecule has 0 aliphatic carbocycles. The highest BCUT2D eigenvalue weighted by Gasteiger charge is 2.34. The summed E-state index contributed by atoms with van der Waals surface area (Å²) in [7, 11) is 0. The van der Waals surface area contributed by atoms with Gasteiger partial charge in [-0.25, -0.2) is 4.68 Å². The highest BCUT2D eigenvalue weighted by Crippen LogP contribution is 2.34. The van der Waals surface area contributed by atoms with Crippen molar-refractivity contribution in [3.05, 3.63) is 41.6 Å². The van der Waals surface area contributed by atoms with Crippen molar-refractivity contribution >= 4 is 38.6 Å². The highest BCUT2D eigenvalue weighted by molar-refractivity contribution is 7.22. The summed E-state index contributed by atoms with van der Waals surface area (Å²) < 4.78 is 2.37. The second-order valence-electron chi connectivity index (χ2n) is 8.40. The maximum atomic E-state index is 13.3. The summed E-state index contributed by atoms with van der Waals surface area (Å²) in [6, 6.07) is 8.73. The first-order chi connectivity index (χ1) is 14.3. The molecule has 3 heterocycles. The third-order valence-electron chi connectivity index (χ3n) is 5.17. The van der Waals surface area contributed by atoms with Crippen LogP contribution in [0.1, 0.15) is 54.5 Å². The molecule has 8 nitrogen and oxygen atoms in total. The molecule has 158 valence electrons. The molecule has 0 saturated carbocycles. The zero-order valence-corrected chi connectivity index (χ0v) is 18.1. The lowest BCUT2D eigenvalue weighted by Crippen LogP contribution is -2.38. The highest BCUT2D eigenvalue weighted by atomic mass is 32.1. The molecule has 0 unspecified atom stereocenters. The van der Waals surface area contributed by atoms with E-state index in [4.69, 9.17) is 0 Å². The van der Waals surface area contributed by atoms with Crippen molar-refractivity contribution in [1.29, 1.82) is 0 Å². The predicted molar refractivity (Wildman–Crippen MR) is 116 cm³/mol. The van der Waals surface area contributed by atoms with E-state index >= 15 is 0 Å². The first kappa shape index (κ1) is 20.5. The number of benzene rings is 1. The van der Waals surface area contributed by atoms with Crippen LogP contribution in [-0.2, 0) is 5.54 Å². The van der Waals surface area contributed by atoms with Crippen LogP contribution in [0.5, 0.6) is 0 Å². The lowest BCUT2D eigenvalue weighted by molar-refractivity contribution is 0.0672. The number of rotatable bonds is 4. The van der Waals surface area contributed by atoms with Crippen molar-refractivity contribution in [3.8, 4) is 0 Å². The van der Waals surface area contributed by atoms with Crippen LogP contribution in [0, 0.1) is 0 Å². The maximum Gasteiger partial charge on any atom is 0.276 e. The van der Waals surface area contributed by atoms with Crippen LogP contribution in [0.4, 0.5) is 5.13 Å². The number of aromatic nitrogens is 3. The minimum Gasteiger partial charge on any atom is -0.394 e. The smallest absolute Gasteiger partial charge is 0.276 e. The zero-order valence-electron chi connectivity index (χ0n) is 17.3. The van der Waals surface area contributed by atoms with E-state index in [1.165, 1.54) is 11.3 Å². The van der Waals surface area contributed by atoms with Gasteiger partial charge >= 0.3 is 0 Å². The van der Waals surface area contributed by atoms with Crippen molar-refractivity contribution in [2.45, 2.75) is 45.2 Å². The van der Waals surface area contributed by atoms with E-state index in [2.05, 4.69) is 15.4 Å². The molecule has 4 rings (SSSR count). The van der Waals surface area contributed by atoms with Crippen LogP contribution in [0.2, 0.25) is 0 Å². The average molecular weight is 428 g/mol. The largest absolute Gasteiger partial charge is 0.394 e. The van der Waals surface area contributed by atoms with E-state index in [0.717, 1.165) is 12.8 Å². The Bertz CT molecular complexity index is 1080. The molecular weight excluding hydrogens is 402 g/mol. The molecule has 1 aliphatic heterocycles. The predicted octanol–water partition coefficient (Wildman–Crippen LogP) is 3.10. The van der Waals surface area contributed by atoms with E-state index in [9.17, 15) is 14.7 Å². The molecule has 0 radical (unpaired) electrons. The number of nitrogens with one attached hydrogen (secondary N) is 1. The van der Waals surface area contributed by atoms with E-state index in [0.29, 0.717) is 33.3 Å². The van der Waals surface area contributed by atoms with Gasteiger partial charge < -0.3 is 10.0 Å². The van der Waals surface area contributed by atoms with E-state index < -0.39 is 5.54 Å². The van der Waals surface area contributed by atoms with Gasteiger partial charge in [0.25, 0.3) is 11.8 Å². The number of thiazole rings is 1. The Hall–Kier alpha value is -2.78. The van der Waals surface area contributed by atoms with Crippen molar-refractivity contribution in [2.24, 2.45) is 0 Å². The number of aliphatic hydroxyl groups excluding tert-OH is 1. The van der Waals surface area contributed by atoms with E-state index in [1.54, 1.807) is 33.8 Å². The van der Waals surface area contributed by atoms with Gasteiger partial charge in [0.15, 0.2) is 16.5 Å². The second kappa shape index (κ2) is 7.81. The molecule has 1 aromatic carbocycles. The van der Waals surface area contributed by atoms with Crippen LogP contribution in [0.3, 0.4) is 0 Å². The van der Waals surface area contributed by atoms with Crippen molar-refractivity contribution < 1.29 is 14.7 Å². The van der Waals surface area contributed by atoms with Gasteiger partial charge in [-0.3, -0.25) is 14.9 Å². The Kier molecular flexibility index (Phi) is 5.33. The van der Waals surface area contributed by atoms with Crippen LogP contribution in [-0.4, -0.2) is 55.8 Å². The normalized spacial score (nSPS) is 16.9. The Morgan fingerprint density at radius 2 is 2.00 bits per heavy atom. The fraction of sp³-hybridized carbons (Fsp3) is 0.429. The third-order valence-corrected chi connectivity index (χ3v) is 6.13. The Labute approximate surface area is 178 Å². The summed E-state index contributed by atoms with van der Waals surface area (Å²) in [4.78, 5) is 32.1. The maximum absolute atomic E-state index is 13.3. The summed E-state index contributed by atoms with van der Waals surface area (Å²) in [6.45, 7) is 6.51. The fourth-order valence-electron chi connectivity index (χ4n) is 3.65. The van der Waals surface area contributed by atoms with Crippen LogP contribution in [0.15, 0.2) is 30.3 Å². The Morgan fingerprint density at radius 1 is 1.27 bits per heavy atom. The molecule has 0 bridgehead atoms. The third kappa shape index (κ3) is 3.70. The number of carbonyl (C=O) groups excluding carboxylic acids is 2. The topological polar surface area (TPSA) is 100 Å². The van der Waals surface area contributed by atoms with E-state index in [1.807, 2.05) is 26.8 Å². The number of carbonyl (C=O) groups is 2. The zero-order chi connectivity index (χ0) is 21.5. The summed E-state index contributed by atoms with van der Waals surface area (Å²) in [5.74, 6) is -0.459. The first-order valence-corrected chi connectivity index (χ1v) is 10.8. The number of hydrogen-bond acceptors (Lipinski definition) is 6. The van der Waals surface area contributed by atoms with Crippen molar-refractivity contribution in [2.75, 3.05) is 18.5 Å². The van der Waals surface area contributed by atoms with Gasteiger partial charge in [0, 0.05) is 12.1 Å². The average Bonchev–Trinajstić information content (AvgIpc) is 3.41. The molecule has 2 aromatic heterocycles. The molecule has 1 saturated heterocycles. The number of aliphatic hydroxyl groups is 1. The molecule has 1 aliphatic rings. The summed E-state index contributed by atoms with van der Waals surface area (Å²) >= 11 is 1.24. The van der Waals surface area contributed by atoms with Gasteiger partial charge in [-0.05, 0) is 45.7 Å². The molecule has 30 heavy (non-hydrogen) atoms. The van der Waals surface area contributed by atoms with Gasteiger partial charge in [-0.15, -0.1) is 0 Å². The number of likely N-dealkylation sites (tertiary alicyclic amines) is 1. The Balaban J connectivity index is 1.72.